The first-order valence-electron chi connectivity index (χ1n) is 6.76. The fraction of sp³-hybridized carbons (Fsp3) is 0.333. The number of carbonyl (C=O) groups excluding carboxylic acids is 2. The van der Waals surface area contributed by atoms with Crippen molar-refractivity contribution < 1.29 is 9.59 Å². The number of hydrogen-bond donors (Lipinski definition) is 2. The summed E-state index contributed by atoms with van der Waals surface area (Å²) < 4.78 is 0. The van der Waals surface area contributed by atoms with Gasteiger partial charge < -0.3 is 10.6 Å². The molecule has 1 aromatic rings. The van der Waals surface area contributed by atoms with Gasteiger partial charge in [0.05, 0.1) is 23.9 Å². The van der Waals surface area contributed by atoms with Crippen LogP contribution in [0.2, 0.25) is 0 Å². The van der Waals surface area contributed by atoms with Gasteiger partial charge in [-0.25, -0.2) is 4.79 Å². The molecule has 104 valence electrons. The zero-order chi connectivity index (χ0) is 14.3. The SMILES string of the molecule is CCc1ccc(C2NC(=O)N(C)C3=C2C(=O)NC3)cc1. The lowest BCUT2D eigenvalue weighted by atomic mass is 9.95. The molecule has 2 N–H and O–H groups in total. The molecule has 0 bridgehead atoms. The first-order chi connectivity index (χ1) is 9.61. The Kier molecular flexibility index (Phi) is 2.97. The number of nitrogens with zero attached hydrogens (tertiary/aromatic N) is 1. The van der Waals surface area contributed by atoms with Gasteiger partial charge in [0.25, 0.3) is 5.91 Å². The van der Waals surface area contributed by atoms with Crippen molar-refractivity contribution >= 4 is 11.9 Å². The van der Waals surface area contributed by atoms with E-state index >= 15 is 0 Å². The summed E-state index contributed by atoms with van der Waals surface area (Å²) in [4.78, 5) is 25.5. The molecule has 2 aliphatic rings. The van der Waals surface area contributed by atoms with E-state index in [4.69, 9.17) is 0 Å². The average Bonchev–Trinajstić information content (AvgIpc) is 2.85. The lowest BCUT2D eigenvalue weighted by molar-refractivity contribution is -0.116. The van der Waals surface area contributed by atoms with Gasteiger partial charge in [-0.2, -0.15) is 0 Å². The molecule has 1 unspecified atom stereocenters. The molecule has 0 spiro atoms. The van der Waals surface area contributed by atoms with E-state index in [0.29, 0.717) is 12.1 Å². The molecule has 0 radical (unpaired) electrons. The van der Waals surface area contributed by atoms with Gasteiger partial charge in [-0.05, 0) is 17.5 Å². The van der Waals surface area contributed by atoms with Gasteiger partial charge in [0.15, 0.2) is 0 Å². The molecule has 0 aliphatic carbocycles. The molecule has 2 aliphatic heterocycles. The molecule has 2 heterocycles. The van der Waals surface area contributed by atoms with Crippen LogP contribution in [0.5, 0.6) is 0 Å². The highest BCUT2D eigenvalue weighted by molar-refractivity contribution is 6.01. The summed E-state index contributed by atoms with van der Waals surface area (Å²) in [5.41, 5.74) is 3.59. The molecule has 3 rings (SSSR count). The molecular formula is C15H17N3O2. The molecule has 0 saturated heterocycles. The van der Waals surface area contributed by atoms with E-state index in [-0.39, 0.29) is 18.0 Å². The smallest absolute Gasteiger partial charge is 0.322 e. The molecule has 3 amide bonds. The van der Waals surface area contributed by atoms with Crippen molar-refractivity contribution in [3.8, 4) is 0 Å². The number of carbonyl (C=O) groups is 2. The largest absolute Gasteiger partial charge is 0.347 e. The lowest BCUT2D eigenvalue weighted by Gasteiger charge is -2.31. The second-order valence-corrected chi connectivity index (χ2v) is 5.08. The predicted molar refractivity (Wildman–Crippen MR) is 74.9 cm³/mol. The average molecular weight is 271 g/mol. The minimum atomic E-state index is -0.359. The third-order valence-electron chi connectivity index (χ3n) is 3.96. The molecule has 0 saturated carbocycles. The highest BCUT2D eigenvalue weighted by Gasteiger charge is 2.38. The molecule has 5 nitrogen and oxygen atoms in total. The van der Waals surface area contributed by atoms with Gasteiger partial charge in [0.2, 0.25) is 0 Å². The van der Waals surface area contributed by atoms with Crippen LogP contribution in [0.4, 0.5) is 4.79 Å². The van der Waals surface area contributed by atoms with E-state index in [1.165, 1.54) is 10.5 Å². The van der Waals surface area contributed by atoms with Gasteiger partial charge in [0.1, 0.15) is 0 Å². The Morgan fingerprint density at radius 2 is 1.95 bits per heavy atom. The van der Waals surface area contributed by atoms with Gasteiger partial charge in [-0.1, -0.05) is 31.2 Å². The van der Waals surface area contributed by atoms with Crippen LogP contribution in [0.25, 0.3) is 0 Å². The molecule has 1 aromatic carbocycles. The van der Waals surface area contributed by atoms with Gasteiger partial charge >= 0.3 is 6.03 Å². The number of hydrogen-bond acceptors (Lipinski definition) is 2. The summed E-state index contributed by atoms with van der Waals surface area (Å²) in [5.74, 6) is -0.101. The normalized spacial score (nSPS) is 21.7. The molecular weight excluding hydrogens is 254 g/mol. The summed E-state index contributed by atoms with van der Waals surface area (Å²) in [6.07, 6.45) is 0.967. The van der Waals surface area contributed by atoms with E-state index in [0.717, 1.165) is 17.7 Å². The Labute approximate surface area is 117 Å². The van der Waals surface area contributed by atoms with Crippen molar-refractivity contribution in [1.82, 2.24) is 15.5 Å². The monoisotopic (exact) mass is 271 g/mol. The zero-order valence-electron chi connectivity index (χ0n) is 11.6. The Balaban J connectivity index is 2.03. The minimum absolute atomic E-state index is 0.101. The fourth-order valence-corrected chi connectivity index (χ4v) is 2.69. The lowest BCUT2D eigenvalue weighted by Crippen LogP contribution is -2.45. The second-order valence-electron chi connectivity index (χ2n) is 5.08. The van der Waals surface area contributed by atoms with E-state index < -0.39 is 0 Å². The quantitative estimate of drug-likeness (QED) is 0.852. The van der Waals surface area contributed by atoms with Gasteiger partial charge in [-0.15, -0.1) is 0 Å². The molecule has 20 heavy (non-hydrogen) atoms. The maximum atomic E-state index is 12.0. The van der Waals surface area contributed by atoms with Crippen molar-refractivity contribution in [2.45, 2.75) is 19.4 Å². The van der Waals surface area contributed by atoms with Crippen LogP contribution < -0.4 is 10.6 Å². The van der Waals surface area contributed by atoms with E-state index in [1.807, 2.05) is 24.3 Å². The van der Waals surface area contributed by atoms with Gasteiger partial charge in [-0.3, -0.25) is 9.69 Å². The summed E-state index contributed by atoms with van der Waals surface area (Å²) in [5, 5.41) is 5.68. The van der Waals surface area contributed by atoms with Crippen molar-refractivity contribution in [1.29, 1.82) is 0 Å². The number of nitrogens with one attached hydrogen (secondary N) is 2. The number of urea groups is 1. The van der Waals surface area contributed by atoms with Crippen LogP contribution in [-0.2, 0) is 11.2 Å². The van der Waals surface area contributed by atoms with E-state index in [1.54, 1.807) is 7.05 Å². The Hall–Kier alpha value is -2.30. The topological polar surface area (TPSA) is 61.4 Å². The van der Waals surface area contributed by atoms with Crippen LogP contribution in [0, 0.1) is 0 Å². The first kappa shape index (κ1) is 12.7. The maximum absolute atomic E-state index is 12.0. The summed E-state index contributed by atoms with van der Waals surface area (Å²) in [7, 11) is 1.68. The number of aryl methyl sites for hydroxylation is 1. The fourth-order valence-electron chi connectivity index (χ4n) is 2.69. The van der Waals surface area contributed by atoms with Gasteiger partial charge in [0, 0.05) is 7.05 Å². The Bertz CT molecular complexity index is 604. The van der Waals surface area contributed by atoms with Crippen molar-refractivity contribution in [3.05, 3.63) is 46.7 Å². The standard InChI is InChI=1S/C15H17N3O2/c1-3-9-4-6-10(7-5-9)13-12-11(8-16-14(12)19)18(2)15(20)17-13/h4-7,13H,3,8H2,1-2H3,(H,16,19)(H,17,20). The second kappa shape index (κ2) is 4.67. The van der Waals surface area contributed by atoms with Crippen molar-refractivity contribution in [2.75, 3.05) is 13.6 Å². The van der Waals surface area contributed by atoms with Crippen LogP contribution >= 0.6 is 0 Å². The third kappa shape index (κ3) is 1.86. The van der Waals surface area contributed by atoms with Crippen molar-refractivity contribution in [2.24, 2.45) is 0 Å². The van der Waals surface area contributed by atoms with Crippen molar-refractivity contribution in [3.63, 3.8) is 0 Å². The maximum Gasteiger partial charge on any atom is 0.322 e. The summed E-state index contributed by atoms with van der Waals surface area (Å²) >= 11 is 0. The summed E-state index contributed by atoms with van der Waals surface area (Å²) in [6, 6.07) is 7.49. The van der Waals surface area contributed by atoms with Crippen LogP contribution in [-0.4, -0.2) is 30.4 Å². The third-order valence-corrected chi connectivity index (χ3v) is 3.96. The van der Waals surface area contributed by atoms with Crippen LogP contribution in [0.3, 0.4) is 0 Å². The Morgan fingerprint density at radius 1 is 1.25 bits per heavy atom. The first-order valence-corrected chi connectivity index (χ1v) is 6.76. The van der Waals surface area contributed by atoms with Crippen LogP contribution in [0.1, 0.15) is 24.1 Å². The molecule has 0 aromatic heterocycles. The van der Waals surface area contributed by atoms with Crippen LogP contribution in [0.15, 0.2) is 35.5 Å². The van der Waals surface area contributed by atoms with E-state index in [2.05, 4.69) is 17.6 Å². The number of benzene rings is 1. The number of amides is 3. The summed E-state index contributed by atoms with van der Waals surface area (Å²) in [6.45, 7) is 2.51. The van der Waals surface area contributed by atoms with E-state index in [9.17, 15) is 9.59 Å². The molecule has 5 heteroatoms. The molecule has 1 atom stereocenters. The Morgan fingerprint density at radius 3 is 2.60 bits per heavy atom. The molecule has 0 fully saturated rings. The number of likely N-dealkylation sites (N-methyl/N-ethyl adjacent to an activating group) is 1. The highest BCUT2D eigenvalue weighted by Crippen LogP contribution is 2.32. The zero-order valence-corrected chi connectivity index (χ0v) is 11.6. The number of rotatable bonds is 2. The highest BCUT2D eigenvalue weighted by atomic mass is 16.2. The predicted octanol–water partition coefficient (Wildman–Crippen LogP) is 1.33. The minimum Gasteiger partial charge on any atom is -0.347 e.